The number of hydrogen-bond acceptors (Lipinski definition) is 2. The SMILES string of the molecule is Cc1cc(-c2cc(C(=O)O)nn2-c2ccccc2)ccc1Cl. The maximum Gasteiger partial charge on any atom is 0.356 e. The summed E-state index contributed by atoms with van der Waals surface area (Å²) >= 11 is 6.06. The maximum atomic E-state index is 11.3. The minimum Gasteiger partial charge on any atom is -0.476 e. The smallest absolute Gasteiger partial charge is 0.356 e. The number of aromatic nitrogens is 2. The minimum absolute atomic E-state index is 0.00598. The number of aromatic carboxylic acids is 1. The van der Waals surface area contributed by atoms with Crippen LogP contribution in [0.4, 0.5) is 0 Å². The van der Waals surface area contributed by atoms with Crippen molar-refractivity contribution in [1.82, 2.24) is 9.78 Å². The minimum atomic E-state index is -1.05. The van der Waals surface area contributed by atoms with Crippen molar-refractivity contribution in [2.24, 2.45) is 0 Å². The van der Waals surface area contributed by atoms with Crippen LogP contribution in [0.25, 0.3) is 16.9 Å². The van der Waals surface area contributed by atoms with E-state index in [1.165, 1.54) is 0 Å². The Kier molecular flexibility index (Phi) is 3.69. The molecule has 110 valence electrons. The first-order valence-electron chi connectivity index (χ1n) is 6.71. The Morgan fingerprint density at radius 1 is 1.14 bits per heavy atom. The van der Waals surface area contributed by atoms with Gasteiger partial charge in [0, 0.05) is 10.6 Å². The Hall–Kier alpha value is -2.59. The molecule has 0 aliphatic heterocycles. The number of carboxylic acids is 1. The zero-order chi connectivity index (χ0) is 15.7. The predicted octanol–water partition coefficient (Wildman–Crippen LogP) is 4.20. The summed E-state index contributed by atoms with van der Waals surface area (Å²) < 4.78 is 1.63. The summed E-state index contributed by atoms with van der Waals surface area (Å²) in [6, 6.07) is 16.6. The topological polar surface area (TPSA) is 55.1 Å². The highest BCUT2D eigenvalue weighted by Gasteiger charge is 2.16. The van der Waals surface area contributed by atoms with Crippen molar-refractivity contribution in [2.45, 2.75) is 6.92 Å². The lowest BCUT2D eigenvalue weighted by molar-refractivity contribution is 0.0690. The molecular weight excluding hydrogens is 300 g/mol. The van der Waals surface area contributed by atoms with Crippen molar-refractivity contribution in [2.75, 3.05) is 0 Å². The molecule has 0 aliphatic carbocycles. The van der Waals surface area contributed by atoms with Crippen LogP contribution in [-0.4, -0.2) is 20.9 Å². The Balaban J connectivity index is 2.21. The molecule has 1 heterocycles. The third-order valence-electron chi connectivity index (χ3n) is 3.38. The van der Waals surface area contributed by atoms with E-state index in [1.807, 2.05) is 49.4 Å². The highest BCUT2D eigenvalue weighted by molar-refractivity contribution is 6.31. The Labute approximate surface area is 132 Å². The molecule has 0 atom stereocenters. The van der Waals surface area contributed by atoms with E-state index in [4.69, 9.17) is 11.6 Å². The fourth-order valence-electron chi connectivity index (χ4n) is 2.26. The number of aryl methyl sites for hydroxylation is 1. The van der Waals surface area contributed by atoms with E-state index in [-0.39, 0.29) is 5.69 Å². The Bertz CT molecular complexity index is 841. The number of halogens is 1. The average Bonchev–Trinajstić information content (AvgIpc) is 2.96. The van der Waals surface area contributed by atoms with Crippen molar-refractivity contribution in [3.63, 3.8) is 0 Å². The Morgan fingerprint density at radius 3 is 2.50 bits per heavy atom. The fraction of sp³-hybridized carbons (Fsp3) is 0.0588. The number of carbonyl (C=O) groups is 1. The van der Waals surface area contributed by atoms with Crippen molar-refractivity contribution in [1.29, 1.82) is 0 Å². The zero-order valence-electron chi connectivity index (χ0n) is 11.8. The third-order valence-corrected chi connectivity index (χ3v) is 3.81. The first-order valence-corrected chi connectivity index (χ1v) is 7.09. The molecule has 0 aliphatic rings. The van der Waals surface area contributed by atoms with E-state index in [1.54, 1.807) is 16.8 Å². The lowest BCUT2D eigenvalue weighted by atomic mass is 10.1. The molecule has 1 aromatic heterocycles. The summed E-state index contributed by atoms with van der Waals surface area (Å²) in [6.07, 6.45) is 0. The van der Waals surface area contributed by atoms with Gasteiger partial charge >= 0.3 is 5.97 Å². The van der Waals surface area contributed by atoms with E-state index < -0.39 is 5.97 Å². The van der Waals surface area contributed by atoms with Crippen LogP contribution >= 0.6 is 11.6 Å². The summed E-state index contributed by atoms with van der Waals surface area (Å²) in [7, 11) is 0. The van der Waals surface area contributed by atoms with Gasteiger partial charge in [-0.05, 0) is 42.8 Å². The van der Waals surface area contributed by atoms with Gasteiger partial charge in [0.15, 0.2) is 5.69 Å². The molecule has 22 heavy (non-hydrogen) atoms. The van der Waals surface area contributed by atoms with Crippen molar-refractivity contribution < 1.29 is 9.90 Å². The summed E-state index contributed by atoms with van der Waals surface area (Å²) in [5, 5.41) is 14.1. The lowest BCUT2D eigenvalue weighted by Gasteiger charge is -2.08. The van der Waals surface area contributed by atoms with Gasteiger partial charge in [-0.2, -0.15) is 5.10 Å². The van der Waals surface area contributed by atoms with Crippen molar-refractivity contribution in [3.05, 3.63) is 70.9 Å². The van der Waals surface area contributed by atoms with Crippen LogP contribution < -0.4 is 0 Å². The molecule has 0 fully saturated rings. The van der Waals surface area contributed by atoms with Crippen molar-refractivity contribution >= 4 is 17.6 Å². The summed E-state index contributed by atoms with van der Waals surface area (Å²) in [4.78, 5) is 11.3. The predicted molar refractivity (Wildman–Crippen MR) is 85.7 cm³/mol. The molecule has 4 nitrogen and oxygen atoms in total. The second-order valence-electron chi connectivity index (χ2n) is 4.93. The van der Waals surface area contributed by atoms with Crippen LogP contribution in [-0.2, 0) is 0 Å². The number of rotatable bonds is 3. The van der Waals surface area contributed by atoms with Crippen LogP contribution in [0.15, 0.2) is 54.6 Å². The van der Waals surface area contributed by atoms with Gasteiger partial charge < -0.3 is 5.11 Å². The van der Waals surface area contributed by atoms with E-state index in [0.717, 1.165) is 16.8 Å². The van der Waals surface area contributed by atoms with Crippen LogP contribution in [0.3, 0.4) is 0 Å². The van der Waals surface area contributed by atoms with Gasteiger partial charge in [-0.3, -0.25) is 0 Å². The number of benzene rings is 2. The fourth-order valence-corrected chi connectivity index (χ4v) is 2.38. The molecule has 1 N–H and O–H groups in total. The summed E-state index contributed by atoms with van der Waals surface area (Å²) in [5.41, 5.74) is 3.31. The molecule has 5 heteroatoms. The van der Waals surface area contributed by atoms with Gasteiger partial charge in [-0.25, -0.2) is 9.48 Å². The first-order chi connectivity index (χ1) is 10.6. The average molecular weight is 313 g/mol. The van der Waals surface area contributed by atoms with E-state index in [2.05, 4.69) is 5.10 Å². The van der Waals surface area contributed by atoms with Gasteiger partial charge in [-0.1, -0.05) is 35.9 Å². The molecule has 0 saturated carbocycles. The molecule has 0 bridgehead atoms. The van der Waals surface area contributed by atoms with Crippen molar-refractivity contribution in [3.8, 4) is 16.9 Å². The van der Waals surface area contributed by atoms with Crippen LogP contribution in [0.1, 0.15) is 16.1 Å². The zero-order valence-corrected chi connectivity index (χ0v) is 12.6. The monoisotopic (exact) mass is 312 g/mol. The number of carboxylic acid groups (broad SMARTS) is 1. The van der Waals surface area contributed by atoms with E-state index in [0.29, 0.717) is 10.7 Å². The van der Waals surface area contributed by atoms with Crippen LogP contribution in [0.5, 0.6) is 0 Å². The second-order valence-corrected chi connectivity index (χ2v) is 5.34. The largest absolute Gasteiger partial charge is 0.476 e. The highest BCUT2D eigenvalue weighted by atomic mass is 35.5. The van der Waals surface area contributed by atoms with Gasteiger partial charge in [0.2, 0.25) is 0 Å². The van der Waals surface area contributed by atoms with Crippen LogP contribution in [0.2, 0.25) is 5.02 Å². The van der Waals surface area contributed by atoms with Gasteiger partial charge in [-0.15, -0.1) is 0 Å². The molecule has 0 spiro atoms. The number of nitrogens with zero attached hydrogens (tertiary/aromatic N) is 2. The Morgan fingerprint density at radius 2 is 1.86 bits per heavy atom. The summed E-state index contributed by atoms with van der Waals surface area (Å²) in [5.74, 6) is -1.05. The molecule has 0 amide bonds. The first kappa shape index (κ1) is 14.4. The number of para-hydroxylation sites is 1. The van der Waals surface area contributed by atoms with E-state index >= 15 is 0 Å². The summed E-state index contributed by atoms with van der Waals surface area (Å²) in [6.45, 7) is 1.91. The molecule has 0 saturated heterocycles. The normalized spacial score (nSPS) is 10.6. The maximum absolute atomic E-state index is 11.3. The highest BCUT2D eigenvalue weighted by Crippen LogP contribution is 2.27. The second kappa shape index (κ2) is 5.66. The molecular formula is C17H13ClN2O2. The lowest BCUT2D eigenvalue weighted by Crippen LogP contribution is -2.02. The molecule has 0 radical (unpaired) electrons. The van der Waals surface area contributed by atoms with Crippen LogP contribution in [0, 0.1) is 6.92 Å². The molecule has 2 aromatic carbocycles. The quantitative estimate of drug-likeness (QED) is 0.788. The van der Waals surface area contributed by atoms with Gasteiger partial charge in [0.05, 0.1) is 11.4 Å². The van der Waals surface area contributed by atoms with Gasteiger partial charge in [0.25, 0.3) is 0 Å². The third kappa shape index (κ3) is 2.61. The molecule has 3 aromatic rings. The number of hydrogen-bond donors (Lipinski definition) is 1. The van der Waals surface area contributed by atoms with Gasteiger partial charge in [0.1, 0.15) is 0 Å². The standard InChI is InChI=1S/C17H13ClN2O2/c1-11-9-12(7-8-14(11)18)16-10-15(17(21)22)19-20(16)13-5-3-2-4-6-13/h2-10H,1H3,(H,21,22). The molecule has 0 unspecified atom stereocenters. The molecule has 3 rings (SSSR count). The van der Waals surface area contributed by atoms with E-state index in [9.17, 15) is 9.90 Å².